The van der Waals surface area contributed by atoms with Crippen LogP contribution < -0.4 is 15.0 Å². The van der Waals surface area contributed by atoms with Gasteiger partial charge in [-0.1, -0.05) is 12.6 Å². The van der Waals surface area contributed by atoms with Gasteiger partial charge in [-0.3, -0.25) is 4.98 Å². The van der Waals surface area contributed by atoms with Gasteiger partial charge in [-0.25, -0.2) is 13.2 Å². The molecule has 1 aromatic carbocycles. The van der Waals surface area contributed by atoms with E-state index >= 15 is 0 Å². The molecule has 0 radical (unpaired) electrons. The molecule has 2 aromatic heterocycles. The van der Waals surface area contributed by atoms with Crippen LogP contribution in [0.3, 0.4) is 0 Å². The fourth-order valence-corrected chi connectivity index (χ4v) is 4.83. The molecule has 1 fully saturated rings. The van der Waals surface area contributed by atoms with Crippen molar-refractivity contribution < 1.29 is 23.0 Å². The number of hydrogen-bond acceptors (Lipinski definition) is 7. The number of anilines is 2. The Morgan fingerprint density at radius 3 is 2.83 bits per heavy atom. The third kappa shape index (κ3) is 3.64. The maximum Gasteiger partial charge on any atom is 0.263 e. The number of fused-ring (bicyclic) bond motifs is 3. The highest BCUT2D eigenvalue weighted by Gasteiger charge is 2.56. The Labute approximate surface area is 200 Å². The number of benzene rings is 1. The quantitative estimate of drug-likeness (QED) is 0.543. The van der Waals surface area contributed by atoms with Crippen LogP contribution in [0.15, 0.2) is 37.0 Å². The van der Waals surface area contributed by atoms with E-state index in [9.17, 15) is 18.3 Å². The Bertz CT molecular complexity index is 1320. The third-order valence-corrected chi connectivity index (χ3v) is 6.92. The molecule has 4 heterocycles. The lowest BCUT2D eigenvalue weighted by atomic mass is 9.93. The molecule has 2 N–H and O–H groups in total. The molecule has 182 valence electrons. The first-order valence-electron chi connectivity index (χ1n) is 11.2. The van der Waals surface area contributed by atoms with Crippen molar-refractivity contribution in [3.8, 4) is 22.8 Å². The zero-order valence-electron chi connectivity index (χ0n) is 19.2. The van der Waals surface area contributed by atoms with E-state index in [2.05, 4.69) is 27.1 Å². The van der Waals surface area contributed by atoms with Gasteiger partial charge in [0, 0.05) is 18.5 Å². The number of alkyl halides is 2. The zero-order chi connectivity index (χ0) is 24.9. The highest BCUT2D eigenvalue weighted by atomic mass is 19.3. The van der Waals surface area contributed by atoms with E-state index < -0.39 is 29.6 Å². The molecule has 0 saturated carbocycles. The molecule has 1 saturated heterocycles. The van der Waals surface area contributed by atoms with Crippen molar-refractivity contribution in [1.29, 1.82) is 0 Å². The Kier molecular flexibility index (Phi) is 5.53. The van der Waals surface area contributed by atoms with E-state index in [1.807, 2.05) is 13.8 Å². The monoisotopic (exact) mass is 483 g/mol. The average Bonchev–Trinajstić information content (AvgIpc) is 3.24. The van der Waals surface area contributed by atoms with Gasteiger partial charge in [-0.15, -0.1) is 10.2 Å². The number of rotatable bonds is 5. The summed E-state index contributed by atoms with van der Waals surface area (Å²) in [4.78, 5) is 5.94. The maximum absolute atomic E-state index is 14.6. The lowest BCUT2D eigenvalue weighted by molar-refractivity contribution is 0.0531. The molecule has 0 amide bonds. The number of nitrogens with zero attached hydrogens (tertiary/aromatic N) is 4. The second-order valence-electron chi connectivity index (χ2n) is 8.87. The number of nitrogens with one attached hydrogen (secondary N) is 1. The summed E-state index contributed by atoms with van der Waals surface area (Å²) in [6.45, 7) is 7.71. The number of pyridine rings is 1. The number of aromatic nitrogens is 3. The standard InChI is InChI=1S/C25H24F3N5O2/c1-4-18-13(2)14(3)21(10-29-18)35-15-9-25(24(27)28)12-30-23-20(33(25)11-15)8-19(31-32-23)16-6-5-7-17(26)22(16)34/h4-8,10,15,24,34H,1,9,11-12H2,2-3H3,(H,30,32)/t15-,25+/m1/s1. The molecule has 2 aliphatic heterocycles. The van der Waals surface area contributed by atoms with Gasteiger partial charge < -0.3 is 20.1 Å². The number of phenols is 1. The van der Waals surface area contributed by atoms with Gasteiger partial charge in [0.1, 0.15) is 17.4 Å². The highest BCUT2D eigenvalue weighted by molar-refractivity contribution is 5.77. The maximum atomic E-state index is 14.6. The van der Waals surface area contributed by atoms with E-state index in [0.717, 1.165) is 22.9 Å². The third-order valence-electron chi connectivity index (χ3n) is 6.92. The predicted molar refractivity (Wildman–Crippen MR) is 126 cm³/mol. The largest absolute Gasteiger partial charge is 0.504 e. The molecule has 10 heteroatoms. The molecular formula is C25H24F3N5O2. The molecule has 35 heavy (non-hydrogen) atoms. The Balaban J connectivity index is 1.51. The van der Waals surface area contributed by atoms with Crippen LogP contribution in [0.25, 0.3) is 17.3 Å². The lowest BCUT2D eigenvalue weighted by Gasteiger charge is -2.43. The van der Waals surface area contributed by atoms with Crippen LogP contribution in [-0.2, 0) is 0 Å². The van der Waals surface area contributed by atoms with Crippen LogP contribution in [0.2, 0.25) is 0 Å². The Morgan fingerprint density at radius 1 is 1.29 bits per heavy atom. The van der Waals surface area contributed by atoms with Crippen LogP contribution in [0.1, 0.15) is 23.2 Å². The zero-order valence-corrected chi connectivity index (χ0v) is 19.2. The van der Waals surface area contributed by atoms with Crippen LogP contribution in [-0.4, -0.2) is 51.4 Å². The van der Waals surface area contributed by atoms with E-state index in [-0.39, 0.29) is 30.8 Å². The van der Waals surface area contributed by atoms with Crippen LogP contribution in [0, 0.1) is 19.7 Å². The molecule has 2 aliphatic rings. The van der Waals surface area contributed by atoms with Crippen molar-refractivity contribution in [3.63, 3.8) is 0 Å². The van der Waals surface area contributed by atoms with E-state index in [4.69, 9.17) is 4.74 Å². The number of aromatic hydroxyl groups is 1. The van der Waals surface area contributed by atoms with Gasteiger partial charge >= 0.3 is 0 Å². The summed E-state index contributed by atoms with van der Waals surface area (Å²) in [5.41, 5.74) is 1.70. The Morgan fingerprint density at radius 2 is 2.09 bits per heavy atom. The summed E-state index contributed by atoms with van der Waals surface area (Å²) in [6.07, 6.45) is 0.104. The second-order valence-corrected chi connectivity index (χ2v) is 8.87. The van der Waals surface area contributed by atoms with Gasteiger partial charge in [0.25, 0.3) is 6.43 Å². The van der Waals surface area contributed by atoms with Gasteiger partial charge in [0.15, 0.2) is 17.4 Å². The average molecular weight is 483 g/mol. The number of phenolic OH excluding ortho intramolecular Hbond substituents is 1. The van der Waals surface area contributed by atoms with Gasteiger partial charge in [-0.2, -0.15) is 0 Å². The normalized spacial score (nSPS) is 20.9. The minimum Gasteiger partial charge on any atom is -0.504 e. The molecule has 0 bridgehead atoms. The van der Waals surface area contributed by atoms with Gasteiger partial charge in [-0.05, 0) is 49.2 Å². The fraction of sp³-hybridized carbons (Fsp3) is 0.320. The highest BCUT2D eigenvalue weighted by Crippen LogP contribution is 2.46. The van der Waals surface area contributed by atoms with Crippen molar-refractivity contribution in [2.45, 2.75) is 38.3 Å². The number of ether oxygens (including phenoxy) is 1. The molecular weight excluding hydrogens is 459 g/mol. The van der Waals surface area contributed by atoms with Crippen molar-refractivity contribution in [3.05, 3.63) is 59.7 Å². The summed E-state index contributed by atoms with van der Waals surface area (Å²) in [6, 6.07) is 5.59. The molecule has 0 spiro atoms. The van der Waals surface area contributed by atoms with Crippen molar-refractivity contribution >= 4 is 17.6 Å². The first-order chi connectivity index (χ1) is 16.7. The van der Waals surface area contributed by atoms with Gasteiger partial charge in [0.2, 0.25) is 0 Å². The van der Waals surface area contributed by atoms with Gasteiger partial charge in [0.05, 0.1) is 29.8 Å². The van der Waals surface area contributed by atoms with E-state index in [1.54, 1.807) is 23.2 Å². The smallest absolute Gasteiger partial charge is 0.263 e. The summed E-state index contributed by atoms with van der Waals surface area (Å²) in [5, 5.41) is 21.3. The minimum atomic E-state index is -2.68. The Hall–Kier alpha value is -3.82. The predicted octanol–water partition coefficient (Wildman–Crippen LogP) is 4.73. The summed E-state index contributed by atoms with van der Waals surface area (Å²) < 4.78 is 49.2. The number of hydrogen-bond donors (Lipinski definition) is 2. The van der Waals surface area contributed by atoms with Crippen molar-refractivity contribution in [2.75, 3.05) is 23.3 Å². The SMILES string of the molecule is C=Cc1ncc(O[C@H]2CN3c4cc(-c5cccc(F)c5O)nnc4NC[C@]3(C(F)F)C2)c(C)c1C. The van der Waals surface area contributed by atoms with Crippen molar-refractivity contribution in [2.24, 2.45) is 0 Å². The molecule has 5 rings (SSSR count). The fourth-order valence-electron chi connectivity index (χ4n) is 4.83. The molecule has 7 nitrogen and oxygen atoms in total. The first-order valence-corrected chi connectivity index (χ1v) is 11.2. The second kappa shape index (κ2) is 8.44. The minimum absolute atomic E-state index is 0.0393. The molecule has 3 aromatic rings. The van der Waals surface area contributed by atoms with Crippen LogP contribution in [0.5, 0.6) is 11.5 Å². The number of halogens is 3. The molecule has 0 unspecified atom stereocenters. The van der Waals surface area contributed by atoms with E-state index in [0.29, 0.717) is 17.3 Å². The van der Waals surface area contributed by atoms with Crippen molar-refractivity contribution in [1.82, 2.24) is 15.2 Å². The topological polar surface area (TPSA) is 83.4 Å². The summed E-state index contributed by atoms with van der Waals surface area (Å²) in [7, 11) is 0. The van der Waals surface area contributed by atoms with Crippen LogP contribution in [0.4, 0.5) is 24.7 Å². The lowest BCUT2D eigenvalue weighted by Crippen LogP contribution is -2.57. The van der Waals surface area contributed by atoms with Crippen LogP contribution >= 0.6 is 0 Å². The summed E-state index contributed by atoms with van der Waals surface area (Å²) >= 11 is 0. The molecule has 2 atom stereocenters. The van der Waals surface area contributed by atoms with E-state index in [1.165, 1.54) is 12.1 Å². The summed E-state index contributed by atoms with van der Waals surface area (Å²) in [5.74, 6) is -0.507. The first kappa shape index (κ1) is 22.9. The molecule has 0 aliphatic carbocycles. The number of para-hydroxylation sites is 1.